The SMILES string of the molecule is CN(C)CCCBr.COc1cccc(F)c1-c1c(F)cc2c3c(c(=O)n(-c4c(C)ccnc4C(C)C)c2c1F)N(CCCN(C)C)C[C@H]1CN(C(=O)OC(C)(C)C)[C@H](C)CN31.COc1cccc(F)c1-c1c(F)cc2c3c(c(=O)n(-c4c(C)ccnc4C(C)C)c2c1F)NC[C@H]1CN(C(=O)OC(C)(C)C)[C@H](C)CN31. The van der Waals surface area contributed by atoms with E-state index in [0.29, 0.717) is 70.5 Å². The van der Waals surface area contributed by atoms with E-state index in [4.69, 9.17) is 18.9 Å². The number of benzene rings is 4. The number of carbonyl (C=O) groups is 2. The van der Waals surface area contributed by atoms with Crippen molar-refractivity contribution in [1.82, 2.24) is 38.7 Å². The Morgan fingerprint density at radius 1 is 0.569 bits per heavy atom. The number of ether oxygens (including phenoxy) is 4. The second kappa shape index (κ2) is 33.2. The molecule has 109 heavy (non-hydrogen) atoms. The minimum Gasteiger partial charge on any atom is -0.496 e. The molecule has 4 atom stereocenters. The number of rotatable bonds is 15. The first-order chi connectivity index (χ1) is 51.4. The highest BCUT2D eigenvalue weighted by Gasteiger charge is 2.46. The molecule has 2 fully saturated rings. The van der Waals surface area contributed by atoms with Gasteiger partial charge >= 0.3 is 12.2 Å². The summed E-state index contributed by atoms with van der Waals surface area (Å²) in [5, 5.41) is 4.62. The number of hydrogen-bond acceptors (Lipinski definition) is 16. The summed E-state index contributed by atoms with van der Waals surface area (Å²) < 4.78 is 124. The minimum atomic E-state index is -1.12. The van der Waals surface area contributed by atoms with E-state index in [1.54, 1.807) is 62.0 Å². The van der Waals surface area contributed by atoms with Crippen LogP contribution in [0.25, 0.3) is 55.4 Å². The Kier molecular flexibility index (Phi) is 25.1. The topological polar surface area (TPSA) is 176 Å². The number of amides is 2. The summed E-state index contributed by atoms with van der Waals surface area (Å²) in [6.45, 7) is 30.0. The fourth-order valence-electron chi connectivity index (χ4n) is 15.1. The zero-order valence-electron chi connectivity index (χ0n) is 66.2. The van der Waals surface area contributed by atoms with E-state index in [-0.39, 0.29) is 113 Å². The first-order valence-corrected chi connectivity index (χ1v) is 38.1. The third-order valence-electron chi connectivity index (χ3n) is 19.9. The van der Waals surface area contributed by atoms with Gasteiger partial charge in [0, 0.05) is 86.4 Å². The molecule has 4 aromatic heterocycles. The van der Waals surface area contributed by atoms with E-state index in [1.807, 2.05) is 98.0 Å². The van der Waals surface area contributed by atoms with Crippen LogP contribution in [0.3, 0.4) is 0 Å². The Morgan fingerprint density at radius 3 is 1.42 bits per heavy atom. The van der Waals surface area contributed by atoms with Crippen LogP contribution >= 0.6 is 15.9 Å². The number of nitrogens with zero attached hydrogens (tertiary/aromatic N) is 11. The summed E-state index contributed by atoms with van der Waals surface area (Å²) in [6, 6.07) is 12.3. The van der Waals surface area contributed by atoms with Gasteiger partial charge in [0.15, 0.2) is 11.6 Å². The number of carbonyl (C=O) groups excluding carboxylic acids is 2. The molecule has 0 aliphatic carbocycles. The van der Waals surface area contributed by atoms with Crippen LogP contribution in [0.5, 0.6) is 11.5 Å². The van der Waals surface area contributed by atoms with Gasteiger partial charge < -0.3 is 58.6 Å². The van der Waals surface area contributed by atoms with Crippen LogP contribution in [0.4, 0.5) is 58.7 Å². The van der Waals surface area contributed by atoms with Gasteiger partial charge in [-0.05, 0) is 195 Å². The quantitative estimate of drug-likeness (QED) is 0.0757. The first-order valence-electron chi connectivity index (χ1n) is 37.0. The zero-order chi connectivity index (χ0) is 79.9. The molecule has 0 unspecified atom stereocenters. The maximum atomic E-state index is 17.7. The predicted octanol–water partition coefficient (Wildman–Crippen LogP) is 16.0. The van der Waals surface area contributed by atoms with Gasteiger partial charge in [-0.1, -0.05) is 55.8 Å². The number of alkyl halides is 1. The highest BCUT2D eigenvalue weighted by Crippen LogP contribution is 2.49. The molecule has 27 heteroatoms. The highest BCUT2D eigenvalue weighted by atomic mass is 79.9. The number of anilines is 4. The van der Waals surface area contributed by atoms with Gasteiger partial charge in [-0.2, -0.15) is 0 Å². The van der Waals surface area contributed by atoms with Gasteiger partial charge in [0.05, 0.1) is 93.7 Å². The molecule has 2 saturated heterocycles. The number of halogens is 7. The summed E-state index contributed by atoms with van der Waals surface area (Å²) in [4.78, 5) is 79.5. The number of methoxy groups -OCH3 is 2. The Hall–Kier alpha value is -9.08. The van der Waals surface area contributed by atoms with Crippen molar-refractivity contribution in [2.24, 2.45) is 0 Å². The summed E-state index contributed by atoms with van der Waals surface area (Å²) in [5.41, 5.74) is -0.614. The van der Waals surface area contributed by atoms with Crippen LogP contribution in [0.2, 0.25) is 0 Å². The van der Waals surface area contributed by atoms with Crippen LogP contribution in [-0.4, -0.2) is 193 Å². The van der Waals surface area contributed by atoms with E-state index in [9.17, 15) is 14.4 Å². The lowest BCUT2D eigenvalue weighted by molar-refractivity contribution is 0.0116. The summed E-state index contributed by atoms with van der Waals surface area (Å²) in [5.74, 6) is -6.46. The summed E-state index contributed by atoms with van der Waals surface area (Å²) in [7, 11) is 10.7. The lowest BCUT2D eigenvalue weighted by Gasteiger charge is -2.52. The Morgan fingerprint density at radius 2 is 1.00 bits per heavy atom. The maximum absolute atomic E-state index is 17.7. The number of aromatic nitrogens is 4. The molecule has 0 spiro atoms. The molecule has 8 aromatic rings. The van der Waals surface area contributed by atoms with Crippen LogP contribution in [0, 0.1) is 48.8 Å². The maximum Gasteiger partial charge on any atom is 0.410 e. The van der Waals surface area contributed by atoms with Crippen molar-refractivity contribution in [3.05, 3.63) is 151 Å². The molecule has 588 valence electrons. The van der Waals surface area contributed by atoms with Gasteiger partial charge in [0.2, 0.25) is 0 Å². The zero-order valence-corrected chi connectivity index (χ0v) is 67.8. The predicted molar refractivity (Wildman–Crippen MR) is 424 cm³/mol. The van der Waals surface area contributed by atoms with Crippen molar-refractivity contribution in [3.8, 4) is 45.1 Å². The number of hydrogen-bond donors (Lipinski definition) is 1. The van der Waals surface area contributed by atoms with Crippen molar-refractivity contribution >= 4 is 72.7 Å². The molecule has 4 aromatic carbocycles. The van der Waals surface area contributed by atoms with Crippen LogP contribution in [-0.2, 0) is 9.47 Å². The molecule has 20 nitrogen and oxygen atoms in total. The number of aryl methyl sites for hydroxylation is 2. The molecule has 12 rings (SSSR count). The lowest BCUT2D eigenvalue weighted by atomic mass is 9.95. The molecule has 0 saturated carbocycles. The molecule has 0 bridgehead atoms. The molecular formula is C82H103BrF6N12O8. The average molecular weight is 1580 g/mol. The summed E-state index contributed by atoms with van der Waals surface area (Å²) >= 11 is 3.35. The number of fused-ring (bicyclic) bond motifs is 10. The molecule has 0 radical (unpaired) electrons. The number of nitrogens with one attached hydrogen (secondary N) is 1. The van der Waals surface area contributed by atoms with Crippen molar-refractivity contribution < 1.29 is 54.9 Å². The standard InChI is InChI=1S/C41H51F3N6O4.C36H40F3N5O4.C5H12BrN/c1-23(2)34-35(24(3)15-16-45-34)50-36-27(19-29(43)32(33(36)44)31-28(42)13-11-14-30(31)53-10)37-38(39(50)51)47(18-12-17-46(8)9)21-26-22-48(25(4)20-49(26)37)40(52)54-41(5,6)7;1-18(2)29-31(19(3)12-13-40-29)44-32-22(14-24(38)27(28(32)39)26-23(37)10-9-11-25(26)47-8)33-30(34(44)45)41-15-21-17-42(20(4)16-43(21)33)35(46)48-36(5,6)7;1-7(2)5-3-4-6/h11,13-16,19,23,25-26H,12,17-18,20-22H2,1-10H3;9-14,18,20-21,41H,15-17H2,1-8H3;3-5H2,1-2H3/t25-,26+;20-,21+;/m11./s1. The Labute approximate surface area is 643 Å². The van der Waals surface area contributed by atoms with E-state index in [0.717, 1.165) is 30.1 Å². The fourth-order valence-corrected chi connectivity index (χ4v) is 15.3. The third kappa shape index (κ3) is 16.7. The van der Waals surface area contributed by atoms with Gasteiger partial charge in [-0.15, -0.1) is 0 Å². The Balaban J connectivity index is 0.000000215. The first kappa shape index (κ1) is 82.4. The highest BCUT2D eigenvalue weighted by molar-refractivity contribution is 9.09. The van der Waals surface area contributed by atoms with Gasteiger partial charge in [0.25, 0.3) is 11.1 Å². The smallest absolute Gasteiger partial charge is 0.410 e. The van der Waals surface area contributed by atoms with Crippen molar-refractivity contribution in [3.63, 3.8) is 0 Å². The van der Waals surface area contributed by atoms with Crippen molar-refractivity contribution in [2.75, 3.05) is 127 Å². The average Bonchev–Trinajstić information content (AvgIpc) is 0.709. The fraction of sp³-hybridized carbons (Fsp3) is 0.488. The molecule has 4 aliphatic heterocycles. The van der Waals surface area contributed by atoms with Gasteiger partial charge in [0.1, 0.15) is 57.3 Å². The normalized spacial score (nSPS) is 17.0. The lowest BCUT2D eigenvalue weighted by Crippen LogP contribution is -2.65. The van der Waals surface area contributed by atoms with E-state index < -0.39 is 86.1 Å². The van der Waals surface area contributed by atoms with E-state index >= 15 is 31.1 Å². The third-order valence-corrected chi connectivity index (χ3v) is 20.5. The number of piperazine rings is 2. The van der Waals surface area contributed by atoms with Gasteiger partial charge in [-0.25, -0.2) is 35.9 Å². The largest absolute Gasteiger partial charge is 0.496 e. The number of pyridine rings is 4. The monoisotopic (exact) mass is 1580 g/mol. The molecule has 1 N–H and O–H groups in total. The Bertz CT molecular complexity index is 4870. The molecule has 4 aliphatic rings. The van der Waals surface area contributed by atoms with Crippen LogP contribution in [0.15, 0.2) is 82.6 Å². The van der Waals surface area contributed by atoms with Crippen LogP contribution in [0.1, 0.15) is 130 Å². The van der Waals surface area contributed by atoms with Crippen molar-refractivity contribution in [2.45, 2.75) is 157 Å². The molecular weight excluding hydrogens is 1470 g/mol. The van der Waals surface area contributed by atoms with Crippen LogP contribution < -0.4 is 40.6 Å². The second-order valence-electron chi connectivity index (χ2n) is 31.7. The van der Waals surface area contributed by atoms with E-state index in [1.165, 1.54) is 66.7 Å². The second-order valence-corrected chi connectivity index (χ2v) is 32.5. The van der Waals surface area contributed by atoms with Crippen molar-refractivity contribution in [1.29, 1.82) is 0 Å². The van der Waals surface area contributed by atoms with E-state index in [2.05, 4.69) is 55.1 Å². The molecule has 2 amide bonds. The summed E-state index contributed by atoms with van der Waals surface area (Å²) in [6.07, 6.45) is 4.30. The molecule has 8 heterocycles. The minimum absolute atomic E-state index is 0.0568. The van der Waals surface area contributed by atoms with Gasteiger partial charge in [-0.3, -0.25) is 28.7 Å².